The van der Waals surface area contributed by atoms with Crippen LogP contribution in [0, 0.1) is 0 Å². The zero-order valence-electron chi connectivity index (χ0n) is 9.33. The fourth-order valence-corrected chi connectivity index (χ4v) is 3.86. The summed E-state index contributed by atoms with van der Waals surface area (Å²) in [5, 5.41) is 4.22. The standard InChI is InChI=1S/C11H17BrN2OS/c1-15-11(3-2-4-11)5-10(14-13)8-6-16-7-9(8)12/h6-7,10,14H,2-5,13H2,1H3. The maximum atomic E-state index is 5.65. The molecule has 0 spiro atoms. The Bertz CT molecular complexity index is 346. The minimum Gasteiger partial charge on any atom is -0.378 e. The van der Waals surface area contributed by atoms with Crippen molar-refractivity contribution >= 4 is 27.3 Å². The van der Waals surface area contributed by atoms with Crippen LogP contribution < -0.4 is 11.3 Å². The number of hydrogen-bond donors (Lipinski definition) is 2. The van der Waals surface area contributed by atoms with E-state index in [2.05, 4.69) is 32.1 Å². The summed E-state index contributed by atoms with van der Waals surface area (Å²) in [6, 6.07) is 0.167. The lowest BCUT2D eigenvalue weighted by Gasteiger charge is -2.42. The van der Waals surface area contributed by atoms with Gasteiger partial charge in [-0.3, -0.25) is 11.3 Å². The van der Waals surface area contributed by atoms with Crippen LogP contribution in [-0.4, -0.2) is 12.7 Å². The maximum Gasteiger partial charge on any atom is 0.0697 e. The van der Waals surface area contributed by atoms with Gasteiger partial charge in [-0.1, -0.05) is 0 Å². The molecule has 1 heterocycles. The van der Waals surface area contributed by atoms with E-state index in [0.29, 0.717) is 0 Å². The van der Waals surface area contributed by atoms with Gasteiger partial charge in [0.1, 0.15) is 0 Å². The van der Waals surface area contributed by atoms with Crippen LogP contribution in [0.25, 0.3) is 0 Å². The van der Waals surface area contributed by atoms with E-state index in [-0.39, 0.29) is 11.6 Å². The highest BCUT2D eigenvalue weighted by Crippen LogP contribution is 2.43. The van der Waals surface area contributed by atoms with Gasteiger partial charge in [-0.15, -0.1) is 0 Å². The molecule has 1 atom stereocenters. The minimum atomic E-state index is 0.0401. The molecular formula is C11H17BrN2OS. The molecule has 5 heteroatoms. The fourth-order valence-electron chi connectivity index (χ4n) is 2.23. The Morgan fingerprint density at radius 2 is 2.38 bits per heavy atom. The molecule has 0 radical (unpaired) electrons. The van der Waals surface area contributed by atoms with Gasteiger partial charge in [-0.2, -0.15) is 11.3 Å². The van der Waals surface area contributed by atoms with E-state index in [0.717, 1.165) is 23.7 Å². The predicted octanol–water partition coefficient (Wildman–Crippen LogP) is 2.97. The van der Waals surface area contributed by atoms with Crippen LogP contribution >= 0.6 is 27.3 Å². The first-order chi connectivity index (χ1) is 7.71. The number of methoxy groups -OCH3 is 1. The topological polar surface area (TPSA) is 47.3 Å². The molecular weight excluding hydrogens is 288 g/mol. The molecule has 16 heavy (non-hydrogen) atoms. The maximum absolute atomic E-state index is 5.65. The van der Waals surface area contributed by atoms with Crippen molar-refractivity contribution in [3.8, 4) is 0 Å². The van der Waals surface area contributed by atoms with Crippen molar-refractivity contribution in [2.45, 2.75) is 37.3 Å². The third-order valence-electron chi connectivity index (χ3n) is 3.49. The Morgan fingerprint density at radius 3 is 2.75 bits per heavy atom. The summed E-state index contributed by atoms with van der Waals surface area (Å²) in [5.74, 6) is 5.65. The molecule has 1 unspecified atom stereocenters. The van der Waals surface area contributed by atoms with Crippen molar-refractivity contribution in [1.82, 2.24) is 5.43 Å². The largest absolute Gasteiger partial charge is 0.378 e. The van der Waals surface area contributed by atoms with E-state index in [1.807, 2.05) is 0 Å². The molecule has 1 aromatic rings. The number of ether oxygens (including phenoxy) is 1. The first kappa shape index (κ1) is 12.5. The quantitative estimate of drug-likeness (QED) is 0.649. The van der Waals surface area contributed by atoms with Gasteiger partial charge in [0.25, 0.3) is 0 Å². The van der Waals surface area contributed by atoms with Crippen molar-refractivity contribution in [3.63, 3.8) is 0 Å². The molecule has 1 aromatic heterocycles. The summed E-state index contributed by atoms with van der Waals surface area (Å²) in [6.07, 6.45) is 4.48. The summed E-state index contributed by atoms with van der Waals surface area (Å²) in [5.41, 5.74) is 4.17. The summed E-state index contributed by atoms with van der Waals surface area (Å²) in [7, 11) is 1.80. The van der Waals surface area contributed by atoms with E-state index < -0.39 is 0 Å². The van der Waals surface area contributed by atoms with Crippen molar-refractivity contribution in [2.75, 3.05) is 7.11 Å². The number of nitrogens with one attached hydrogen (secondary N) is 1. The zero-order valence-corrected chi connectivity index (χ0v) is 11.7. The summed E-state index contributed by atoms with van der Waals surface area (Å²) >= 11 is 5.24. The summed E-state index contributed by atoms with van der Waals surface area (Å²) in [6.45, 7) is 0. The van der Waals surface area contributed by atoms with Gasteiger partial charge < -0.3 is 4.74 Å². The predicted molar refractivity (Wildman–Crippen MR) is 70.3 cm³/mol. The number of halogens is 1. The Hall–Kier alpha value is 0.0600. The van der Waals surface area contributed by atoms with Gasteiger partial charge in [0.05, 0.1) is 11.6 Å². The van der Waals surface area contributed by atoms with Crippen LogP contribution in [0.1, 0.15) is 37.3 Å². The Labute approximate surface area is 108 Å². The molecule has 0 aliphatic heterocycles. The molecule has 3 N–H and O–H groups in total. The lowest BCUT2D eigenvalue weighted by Crippen LogP contribution is -2.44. The fraction of sp³-hybridized carbons (Fsp3) is 0.636. The molecule has 0 amide bonds. The summed E-state index contributed by atoms with van der Waals surface area (Å²) in [4.78, 5) is 0. The van der Waals surface area contributed by atoms with Crippen LogP contribution in [0.4, 0.5) is 0 Å². The smallest absolute Gasteiger partial charge is 0.0697 e. The Balaban J connectivity index is 2.09. The van der Waals surface area contributed by atoms with Gasteiger partial charge in [-0.25, -0.2) is 0 Å². The van der Waals surface area contributed by atoms with Crippen molar-refractivity contribution < 1.29 is 4.74 Å². The third-order valence-corrected chi connectivity index (χ3v) is 5.24. The lowest BCUT2D eigenvalue weighted by molar-refractivity contribution is -0.0838. The molecule has 3 nitrogen and oxygen atoms in total. The Kier molecular flexibility index (Phi) is 4.02. The molecule has 1 saturated carbocycles. The molecule has 1 aliphatic rings. The SMILES string of the molecule is COC1(CC(NN)c2cscc2Br)CCC1. The van der Waals surface area contributed by atoms with Crippen LogP contribution in [0.2, 0.25) is 0 Å². The molecule has 90 valence electrons. The van der Waals surface area contributed by atoms with Gasteiger partial charge in [0.15, 0.2) is 0 Å². The second-order valence-corrected chi connectivity index (χ2v) is 5.94. The highest BCUT2D eigenvalue weighted by Gasteiger charge is 2.39. The third kappa shape index (κ3) is 2.33. The number of rotatable bonds is 5. The molecule has 0 bridgehead atoms. The van der Waals surface area contributed by atoms with Crippen LogP contribution in [0.15, 0.2) is 15.2 Å². The minimum absolute atomic E-state index is 0.0401. The second kappa shape index (κ2) is 5.14. The number of hydrazine groups is 1. The van der Waals surface area contributed by atoms with Crippen LogP contribution in [-0.2, 0) is 4.74 Å². The zero-order chi connectivity index (χ0) is 11.6. The molecule has 2 rings (SSSR count). The average Bonchev–Trinajstić information content (AvgIpc) is 2.65. The number of thiophene rings is 1. The van der Waals surface area contributed by atoms with E-state index >= 15 is 0 Å². The second-order valence-electron chi connectivity index (χ2n) is 4.34. The van der Waals surface area contributed by atoms with Gasteiger partial charge in [0.2, 0.25) is 0 Å². The van der Waals surface area contributed by atoms with Crippen molar-refractivity contribution in [1.29, 1.82) is 0 Å². The van der Waals surface area contributed by atoms with Crippen molar-refractivity contribution in [2.24, 2.45) is 5.84 Å². The van der Waals surface area contributed by atoms with Gasteiger partial charge >= 0.3 is 0 Å². The molecule has 0 aromatic carbocycles. The van der Waals surface area contributed by atoms with E-state index in [1.54, 1.807) is 18.4 Å². The highest BCUT2D eigenvalue weighted by atomic mass is 79.9. The van der Waals surface area contributed by atoms with E-state index in [1.165, 1.54) is 12.0 Å². The normalized spacial score (nSPS) is 20.4. The first-order valence-corrected chi connectivity index (χ1v) is 7.17. The molecule has 1 fully saturated rings. The van der Waals surface area contributed by atoms with Crippen molar-refractivity contribution in [3.05, 3.63) is 20.8 Å². The first-order valence-electron chi connectivity index (χ1n) is 5.44. The summed E-state index contributed by atoms with van der Waals surface area (Å²) < 4.78 is 6.77. The highest BCUT2D eigenvalue weighted by molar-refractivity contribution is 9.10. The average molecular weight is 305 g/mol. The Morgan fingerprint density at radius 1 is 1.62 bits per heavy atom. The van der Waals surface area contributed by atoms with E-state index in [9.17, 15) is 0 Å². The van der Waals surface area contributed by atoms with Crippen LogP contribution in [0.3, 0.4) is 0 Å². The number of hydrogen-bond acceptors (Lipinski definition) is 4. The number of nitrogens with two attached hydrogens (primary N) is 1. The monoisotopic (exact) mass is 304 g/mol. The van der Waals surface area contributed by atoms with Crippen LogP contribution in [0.5, 0.6) is 0 Å². The van der Waals surface area contributed by atoms with Gasteiger partial charge in [0, 0.05) is 17.0 Å². The van der Waals surface area contributed by atoms with Gasteiger partial charge in [-0.05, 0) is 52.6 Å². The lowest BCUT2D eigenvalue weighted by atomic mass is 9.75. The molecule has 1 aliphatic carbocycles. The molecule has 0 saturated heterocycles. The van der Waals surface area contributed by atoms with E-state index in [4.69, 9.17) is 10.6 Å².